The van der Waals surface area contributed by atoms with Gasteiger partial charge in [0.15, 0.2) is 5.82 Å². The maximum Gasteiger partial charge on any atom is 0.305 e. The number of carboxylic acid groups (broad SMARTS) is 1. The van der Waals surface area contributed by atoms with E-state index in [0.29, 0.717) is 17.7 Å². The third-order valence-electron chi connectivity index (χ3n) is 8.36. The zero-order valence-corrected chi connectivity index (χ0v) is 25.6. The average molecular weight is 636 g/mol. The molecule has 3 atom stereocenters. The van der Waals surface area contributed by atoms with Crippen LogP contribution >= 0.6 is 0 Å². The lowest BCUT2D eigenvalue weighted by molar-refractivity contribution is -0.139. The summed E-state index contributed by atoms with van der Waals surface area (Å²) in [6.07, 6.45) is 2.01. The van der Waals surface area contributed by atoms with Gasteiger partial charge in [-0.25, -0.2) is 22.0 Å². The van der Waals surface area contributed by atoms with E-state index in [4.69, 9.17) is 0 Å². The van der Waals surface area contributed by atoms with E-state index in [1.807, 2.05) is 4.90 Å². The Balaban J connectivity index is 1.70. The molecule has 7 nitrogen and oxygen atoms in total. The summed E-state index contributed by atoms with van der Waals surface area (Å²) in [5.41, 5.74) is -0.482. The number of aliphatic carboxylic acids is 1. The first kappa shape index (κ1) is 34.1. The minimum absolute atomic E-state index is 0.0135. The number of aromatic nitrogens is 1. The van der Waals surface area contributed by atoms with E-state index < -0.39 is 71.2 Å². The zero-order valence-electron chi connectivity index (χ0n) is 25.6. The van der Waals surface area contributed by atoms with E-state index in [0.717, 1.165) is 29.7 Å². The predicted octanol–water partition coefficient (Wildman–Crippen LogP) is 5.47. The summed E-state index contributed by atoms with van der Waals surface area (Å²) in [6.45, 7) is 7.18. The Morgan fingerprint density at radius 2 is 1.82 bits per heavy atom. The van der Waals surface area contributed by atoms with Crippen molar-refractivity contribution in [3.8, 4) is 0 Å². The van der Waals surface area contributed by atoms with Crippen LogP contribution in [0.1, 0.15) is 56.3 Å². The van der Waals surface area contributed by atoms with Gasteiger partial charge < -0.3 is 15.0 Å². The Morgan fingerprint density at radius 3 is 2.42 bits per heavy atom. The quantitative estimate of drug-likeness (QED) is 0.302. The molecule has 1 aliphatic heterocycles. The molecule has 12 heteroatoms. The van der Waals surface area contributed by atoms with Crippen LogP contribution in [-0.2, 0) is 16.0 Å². The topological polar surface area (TPSA) is 91.6 Å². The summed E-state index contributed by atoms with van der Waals surface area (Å²) in [5.74, 6) is -9.87. The molecule has 1 saturated heterocycles. The van der Waals surface area contributed by atoms with E-state index in [-0.39, 0.29) is 43.0 Å². The van der Waals surface area contributed by atoms with Crippen LogP contribution in [0.2, 0.25) is 0 Å². The Morgan fingerprint density at radius 1 is 1.13 bits per heavy atom. The number of allylic oxidation sites excluding steroid dienone is 3. The Labute approximate surface area is 258 Å². The largest absolute Gasteiger partial charge is 0.481 e. The highest BCUT2D eigenvalue weighted by molar-refractivity contribution is 5.82. The van der Waals surface area contributed by atoms with Gasteiger partial charge in [0.05, 0.1) is 18.4 Å². The molecule has 2 aromatic rings. The summed E-state index contributed by atoms with van der Waals surface area (Å²) in [6, 6.07) is 2.31. The van der Waals surface area contributed by atoms with Gasteiger partial charge in [0.25, 0.3) is 11.5 Å². The number of hydrogen-bond acceptors (Lipinski definition) is 4. The second-order valence-corrected chi connectivity index (χ2v) is 12.4. The highest BCUT2D eigenvalue weighted by atomic mass is 19.3. The van der Waals surface area contributed by atoms with Crippen LogP contribution in [-0.4, -0.2) is 64.2 Å². The summed E-state index contributed by atoms with van der Waals surface area (Å²) in [5, 5.41) is 12.1. The standard InChI is InChI=1S/C33H38F5N3O4/c1-18(2)10-28(41-15-21(12-26(36)32(41)45)8-9-40-16-23(34)17-40)31(44)39-27(14-29(42)43)24-13-22(11-20(4)33(24,37)38)30-19(3)6-5-7-25(30)35/h5-7,11-13,15,18,23-24,27-28H,8-10,14,16-17H2,1-4H3,(H,39,44)(H,42,43)/t24?,27-,28?/m0/s1. The zero-order chi connectivity index (χ0) is 33.2. The van der Waals surface area contributed by atoms with Crippen LogP contribution in [0.3, 0.4) is 0 Å². The van der Waals surface area contributed by atoms with Gasteiger partial charge in [-0.15, -0.1) is 0 Å². The van der Waals surface area contributed by atoms with Crippen molar-refractivity contribution >= 4 is 17.4 Å². The normalized spacial score (nSPS) is 19.8. The van der Waals surface area contributed by atoms with Gasteiger partial charge in [-0.05, 0) is 73.1 Å². The monoisotopic (exact) mass is 635 g/mol. The van der Waals surface area contributed by atoms with Crippen LogP contribution in [0.4, 0.5) is 22.0 Å². The third-order valence-corrected chi connectivity index (χ3v) is 8.36. The lowest BCUT2D eigenvalue weighted by Crippen LogP contribution is -2.51. The van der Waals surface area contributed by atoms with Crippen LogP contribution in [0.15, 0.2) is 53.0 Å². The summed E-state index contributed by atoms with van der Waals surface area (Å²) < 4.78 is 75.3. The van der Waals surface area contributed by atoms with Crippen LogP contribution in [0, 0.1) is 30.4 Å². The van der Waals surface area contributed by atoms with Gasteiger partial charge in [0.2, 0.25) is 5.91 Å². The Hall–Kier alpha value is -3.80. The summed E-state index contributed by atoms with van der Waals surface area (Å²) in [7, 11) is 0. The van der Waals surface area contributed by atoms with Crippen molar-refractivity contribution in [2.45, 2.75) is 71.1 Å². The van der Waals surface area contributed by atoms with Crippen molar-refractivity contribution in [3.05, 3.63) is 86.9 Å². The van der Waals surface area contributed by atoms with Crippen LogP contribution < -0.4 is 10.9 Å². The SMILES string of the molecule is CC1=CC(c2c(C)cccc2F)=CC([C@H](CC(=O)O)NC(=O)C(CC(C)C)n2cc(CCN3CC(F)C3)cc(F)c2=O)C1(F)F. The maximum absolute atomic E-state index is 15.7. The van der Waals surface area contributed by atoms with E-state index >= 15 is 8.78 Å². The summed E-state index contributed by atoms with van der Waals surface area (Å²) in [4.78, 5) is 40.5. The number of hydrogen-bond donors (Lipinski definition) is 2. The van der Waals surface area contributed by atoms with Crippen molar-refractivity contribution in [1.29, 1.82) is 0 Å². The molecule has 0 radical (unpaired) electrons. The molecular weight excluding hydrogens is 597 g/mol. The number of carboxylic acids is 1. The van der Waals surface area contributed by atoms with Gasteiger partial charge in [-0.2, -0.15) is 0 Å². The molecule has 45 heavy (non-hydrogen) atoms. The molecule has 0 saturated carbocycles. The molecule has 1 fully saturated rings. The molecule has 1 aromatic heterocycles. The maximum atomic E-state index is 15.7. The molecule has 2 aliphatic rings. The number of alkyl halides is 3. The fraction of sp³-hybridized carbons (Fsp3) is 0.485. The first-order chi connectivity index (χ1) is 21.1. The molecule has 244 valence electrons. The Kier molecular flexibility index (Phi) is 10.4. The number of pyridine rings is 1. The van der Waals surface area contributed by atoms with Gasteiger partial charge in [0, 0.05) is 31.4 Å². The van der Waals surface area contributed by atoms with Crippen molar-refractivity contribution in [2.24, 2.45) is 11.8 Å². The minimum atomic E-state index is -3.61. The smallest absolute Gasteiger partial charge is 0.305 e. The predicted molar refractivity (Wildman–Crippen MR) is 160 cm³/mol. The molecule has 2 heterocycles. The number of benzene rings is 1. The van der Waals surface area contributed by atoms with Gasteiger partial charge >= 0.3 is 5.97 Å². The molecule has 2 unspecified atom stereocenters. The second kappa shape index (κ2) is 13.7. The lowest BCUT2D eigenvalue weighted by atomic mass is 9.79. The first-order valence-corrected chi connectivity index (χ1v) is 14.9. The molecule has 2 N–H and O–H groups in total. The molecule has 0 bridgehead atoms. The molecule has 1 aromatic carbocycles. The molecular formula is C33H38F5N3O4. The molecule has 1 aliphatic carbocycles. The number of amides is 1. The lowest BCUT2D eigenvalue weighted by Gasteiger charge is -2.36. The highest BCUT2D eigenvalue weighted by Gasteiger charge is 2.48. The van der Waals surface area contributed by atoms with E-state index in [2.05, 4.69) is 5.32 Å². The first-order valence-electron chi connectivity index (χ1n) is 14.9. The molecule has 0 spiro atoms. The number of carbonyl (C=O) groups is 2. The van der Waals surface area contributed by atoms with Crippen molar-refractivity contribution < 1.29 is 36.6 Å². The van der Waals surface area contributed by atoms with Crippen molar-refractivity contribution in [3.63, 3.8) is 0 Å². The third kappa shape index (κ3) is 7.71. The van der Waals surface area contributed by atoms with Crippen molar-refractivity contribution in [1.82, 2.24) is 14.8 Å². The van der Waals surface area contributed by atoms with Gasteiger partial charge in [0.1, 0.15) is 18.0 Å². The Bertz CT molecular complexity index is 1540. The fourth-order valence-corrected chi connectivity index (χ4v) is 5.96. The fourth-order valence-electron chi connectivity index (χ4n) is 5.96. The van der Waals surface area contributed by atoms with E-state index in [1.165, 1.54) is 18.3 Å². The summed E-state index contributed by atoms with van der Waals surface area (Å²) >= 11 is 0. The number of halogens is 5. The van der Waals surface area contributed by atoms with E-state index in [1.54, 1.807) is 26.8 Å². The van der Waals surface area contributed by atoms with Gasteiger partial charge in [-0.3, -0.25) is 19.3 Å². The number of nitrogens with zero attached hydrogens (tertiary/aromatic N) is 2. The van der Waals surface area contributed by atoms with Crippen LogP contribution in [0.5, 0.6) is 0 Å². The van der Waals surface area contributed by atoms with E-state index in [9.17, 15) is 32.7 Å². The number of rotatable bonds is 12. The van der Waals surface area contributed by atoms with Gasteiger partial charge in [-0.1, -0.05) is 32.1 Å². The average Bonchev–Trinajstić information content (AvgIpc) is 2.92. The number of carbonyl (C=O) groups excluding carboxylic acids is 1. The minimum Gasteiger partial charge on any atom is -0.481 e. The van der Waals surface area contributed by atoms with Crippen LogP contribution in [0.25, 0.3) is 5.57 Å². The number of likely N-dealkylation sites (tertiary alicyclic amines) is 1. The van der Waals surface area contributed by atoms with Crippen molar-refractivity contribution in [2.75, 3.05) is 19.6 Å². The highest BCUT2D eigenvalue weighted by Crippen LogP contribution is 2.43. The number of nitrogens with one attached hydrogen (secondary N) is 1. The second-order valence-electron chi connectivity index (χ2n) is 12.4. The molecule has 4 rings (SSSR count). The molecule has 1 amide bonds. The number of aryl methyl sites for hydroxylation is 1.